The molecule has 35 heavy (non-hydrogen) atoms. The zero-order valence-electron chi connectivity index (χ0n) is 20.1. The maximum absolute atomic E-state index is 13.5. The zero-order valence-corrected chi connectivity index (χ0v) is 23.2. The van der Waals surface area contributed by atoms with E-state index >= 15 is 0 Å². The van der Waals surface area contributed by atoms with Gasteiger partial charge in [0.25, 0.3) is 0 Å². The number of nitrogens with one attached hydrogen (secondary N) is 1. The van der Waals surface area contributed by atoms with E-state index in [-0.39, 0.29) is 39.1 Å². The molecule has 0 fully saturated rings. The van der Waals surface area contributed by atoms with Crippen molar-refractivity contribution >= 4 is 62.3 Å². The van der Waals surface area contributed by atoms with Crippen molar-refractivity contribution in [2.75, 3.05) is 30.2 Å². The molecule has 2 rings (SSSR count). The summed E-state index contributed by atoms with van der Waals surface area (Å²) in [5, 5.41) is 3.10. The molecule has 0 saturated heterocycles. The molecule has 0 aliphatic heterocycles. The molecule has 1 N–H and O–H groups in total. The van der Waals surface area contributed by atoms with E-state index in [0.717, 1.165) is 16.1 Å². The Morgan fingerprint density at radius 1 is 0.971 bits per heavy atom. The van der Waals surface area contributed by atoms with Crippen molar-refractivity contribution in [3.05, 3.63) is 63.1 Å². The van der Waals surface area contributed by atoms with Crippen molar-refractivity contribution in [1.29, 1.82) is 0 Å². The highest BCUT2D eigenvalue weighted by molar-refractivity contribution is 7.92. The number of nitrogens with zero attached hydrogens (tertiary/aromatic N) is 2. The number of amides is 2. The Balaban J connectivity index is 2.36. The molecule has 1 atom stereocenters. The van der Waals surface area contributed by atoms with E-state index in [2.05, 4.69) is 5.32 Å². The lowest BCUT2D eigenvalue weighted by atomic mass is 10.1. The largest absolute Gasteiger partial charge is 0.354 e. The molecule has 192 valence electrons. The van der Waals surface area contributed by atoms with E-state index < -0.39 is 28.5 Å². The van der Waals surface area contributed by atoms with Gasteiger partial charge in [0.2, 0.25) is 21.8 Å². The summed E-state index contributed by atoms with van der Waals surface area (Å²) in [5.74, 6) is -0.642. The monoisotopic (exact) mass is 561 g/mol. The first kappa shape index (κ1) is 29.2. The third-order valence-corrected chi connectivity index (χ3v) is 7.43. The lowest BCUT2D eigenvalue weighted by Gasteiger charge is -2.32. The average molecular weight is 563 g/mol. The molecule has 7 nitrogen and oxygen atoms in total. The van der Waals surface area contributed by atoms with Crippen LogP contribution in [-0.4, -0.2) is 57.1 Å². The highest BCUT2D eigenvalue weighted by Gasteiger charge is 2.31. The predicted molar refractivity (Wildman–Crippen MR) is 143 cm³/mol. The number of anilines is 1. The second-order valence-corrected chi connectivity index (χ2v) is 11.8. The smallest absolute Gasteiger partial charge is 0.244 e. The standard InChI is InChI=1S/C24H30Cl3N3O4S/c1-16(2)14-28-24(32)17(3)29(11-10-18-8-6-5-7-9-18)23(31)15-30(35(4,33)34)22-13-20(26)19(25)12-21(22)27/h5-9,12-13,16-17H,10-11,14-15H2,1-4H3,(H,28,32)/t17-/m0/s1. The summed E-state index contributed by atoms with van der Waals surface area (Å²) in [5.41, 5.74) is 1.00. The maximum atomic E-state index is 13.5. The van der Waals surface area contributed by atoms with Crippen LogP contribution >= 0.6 is 34.8 Å². The summed E-state index contributed by atoms with van der Waals surface area (Å²) in [4.78, 5) is 27.7. The molecular formula is C24H30Cl3N3O4S. The van der Waals surface area contributed by atoms with Crippen LogP contribution in [0, 0.1) is 5.92 Å². The molecule has 2 aromatic carbocycles. The lowest BCUT2D eigenvalue weighted by Crippen LogP contribution is -2.52. The lowest BCUT2D eigenvalue weighted by molar-refractivity contribution is -0.138. The number of benzene rings is 2. The Morgan fingerprint density at radius 2 is 1.57 bits per heavy atom. The topological polar surface area (TPSA) is 86.8 Å². The van der Waals surface area contributed by atoms with Crippen LogP contribution in [0.2, 0.25) is 15.1 Å². The minimum Gasteiger partial charge on any atom is -0.354 e. The summed E-state index contributed by atoms with van der Waals surface area (Å²) in [6, 6.07) is 11.3. The third kappa shape index (κ3) is 8.56. The van der Waals surface area contributed by atoms with Crippen LogP contribution in [0.1, 0.15) is 26.3 Å². The van der Waals surface area contributed by atoms with Gasteiger partial charge in [0.1, 0.15) is 12.6 Å². The molecule has 2 aromatic rings. The van der Waals surface area contributed by atoms with E-state index in [0.29, 0.717) is 13.0 Å². The van der Waals surface area contributed by atoms with Gasteiger partial charge in [-0.25, -0.2) is 8.42 Å². The quantitative estimate of drug-likeness (QED) is 0.404. The van der Waals surface area contributed by atoms with Gasteiger partial charge in [-0.1, -0.05) is 79.0 Å². The van der Waals surface area contributed by atoms with Gasteiger partial charge in [0.15, 0.2) is 0 Å². The number of rotatable bonds is 11. The van der Waals surface area contributed by atoms with E-state index in [9.17, 15) is 18.0 Å². The summed E-state index contributed by atoms with van der Waals surface area (Å²) >= 11 is 18.3. The van der Waals surface area contributed by atoms with Crippen LogP contribution in [0.5, 0.6) is 0 Å². The molecule has 0 radical (unpaired) electrons. The van der Waals surface area contributed by atoms with Crippen molar-refractivity contribution < 1.29 is 18.0 Å². The molecular weight excluding hydrogens is 533 g/mol. The van der Waals surface area contributed by atoms with Gasteiger partial charge in [-0.2, -0.15) is 0 Å². The Morgan fingerprint density at radius 3 is 2.14 bits per heavy atom. The minimum absolute atomic E-state index is 0.0242. The first-order valence-corrected chi connectivity index (χ1v) is 14.0. The molecule has 0 unspecified atom stereocenters. The molecule has 0 spiro atoms. The van der Waals surface area contributed by atoms with E-state index in [1.54, 1.807) is 6.92 Å². The third-order valence-electron chi connectivity index (χ3n) is 5.27. The minimum atomic E-state index is -3.93. The average Bonchev–Trinajstić information content (AvgIpc) is 2.78. The number of carbonyl (C=O) groups is 2. The summed E-state index contributed by atoms with van der Waals surface area (Å²) in [6.07, 6.45) is 1.45. The molecule has 0 aliphatic carbocycles. The van der Waals surface area contributed by atoms with Crippen molar-refractivity contribution in [2.45, 2.75) is 33.2 Å². The van der Waals surface area contributed by atoms with E-state index in [1.165, 1.54) is 17.0 Å². The molecule has 0 saturated carbocycles. The molecule has 0 aromatic heterocycles. The normalized spacial score (nSPS) is 12.3. The van der Waals surface area contributed by atoms with Gasteiger partial charge in [0, 0.05) is 13.1 Å². The second kappa shape index (κ2) is 12.8. The van der Waals surface area contributed by atoms with E-state index in [1.807, 2.05) is 44.2 Å². The van der Waals surface area contributed by atoms with Crippen molar-refractivity contribution in [3.63, 3.8) is 0 Å². The fourth-order valence-corrected chi connectivity index (χ4v) is 4.87. The van der Waals surface area contributed by atoms with Crippen LogP contribution in [0.25, 0.3) is 0 Å². The molecule has 0 heterocycles. The Labute approximate surface area is 222 Å². The first-order chi connectivity index (χ1) is 16.3. The first-order valence-electron chi connectivity index (χ1n) is 11.0. The van der Waals surface area contributed by atoms with Gasteiger partial charge in [-0.3, -0.25) is 13.9 Å². The summed E-state index contributed by atoms with van der Waals surface area (Å²) in [6.45, 7) is 5.66. The number of halogens is 3. The molecule has 2 amide bonds. The van der Waals surface area contributed by atoms with Crippen LogP contribution in [0.3, 0.4) is 0 Å². The number of hydrogen-bond donors (Lipinski definition) is 1. The van der Waals surface area contributed by atoms with Crippen molar-refractivity contribution in [2.24, 2.45) is 5.92 Å². The Hall–Kier alpha value is -2.00. The van der Waals surface area contributed by atoms with Gasteiger partial charge in [0.05, 0.1) is 27.0 Å². The number of carbonyl (C=O) groups excluding carboxylic acids is 2. The molecule has 0 aliphatic rings. The summed E-state index contributed by atoms with van der Waals surface area (Å²) < 4.78 is 26.1. The van der Waals surface area contributed by atoms with Gasteiger partial charge >= 0.3 is 0 Å². The highest BCUT2D eigenvalue weighted by Crippen LogP contribution is 2.35. The van der Waals surface area contributed by atoms with Crippen LogP contribution in [0.4, 0.5) is 5.69 Å². The van der Waals surface area contributed by atoms with Crippen molar-refractivity contribution in [1.82, 2.24) is 10.2 Å². The summed E-state index contributed by atoms with van der Waals surface area (Å²) in [7, 11) is -3.93. The number of hydrogen-bond acceptors (Lipinski definition) is 4. The highest BCUT2D eigenvalue weighted by atomic mass is 35.5. The van der Waals surface area contributed by atoms with Crippen LogP contribution in [0.15, 0.2) is 42.5 Å². The Kier molecular flexibility index (Phi) is 10.7. The maximum Gasteiger partial charge on any atom is 0.244 e. The Bertz CT molecular complexity index is 1140. The number of sulfonamides is 1. The van der Waals surface area contributed by atoms with E-state index in [4.69, 9.17) is 34.8 Å². The van der Waals surface area contributed by atoms with Crippen LogP contribution in [-0.2, 0) is 26.0 Å². The van der Waals surface area contributed by atoms with Crippen LogP contribution < -0.4 is 9.62 Å². The second-order valence-electron chi connectivity index (χ2n) is 8.63. The van der Waals surface area contributed by atoms with Crippen molar-refractivity contribution in [3.8, 4) is 0 Å². The molecule has 0 bridgehead atoms. The fraction of sp³-hybridized carbons (Fsp3) is 0.417. The SMILES string of the molecule is CC(C)CNC(=O)[C@H](C)N(CCc1ccccc1)C(=O)CN(c1cc(Cl)c(Cl)cc1Cl)S(C)(=O)=O. The zero-order chi connectivity index (χ0) is 26.3. The van der Waals surface area contributed by atoms with Gasteiger partial charge < -0.3 is 10.2 Å². The predicted octanol–water partition coefficient (Wildman–Crippen LogP) is 4.64. The van der Waals surface area contributed by atoms with Gasteiger partial charge in [-0.15, -0.1) is 0 Å². The fourth-order valence-electron chi connectivity index (χ4n) is 3.32. The van der Waals surface area contributed by atoms with Gasteiger partial charge in [-0.05, 0) is 37.0 Å². The molecule has 11 heteroatoms.